The summed E-state index contributed by atoms with van der Waals surface area (Å²) in [6.45, 7) is 1.18. The molecule has 0 aromatic rings. The van der Waals surface area contributed by atoms with E-state index in [1.807, 2.05) is 7.05 Å². The Morgan fingerprint density at radius 1 is 1.88 bits per heavy atom. The lowest BCUT2D eigenvalue weighted by atomic mass is 10.1. The molecule has 1 heteroatoms. The number of hydrogen-bond acceptors (Lipinski definition) is 1. The average molecular weight is 109 g/mol. The van der Waals surface area contributed by atoms with Gasteiger partial charge in [-0.3, -0.25) is 0 Å². The summed E-state index contributed by atoms with van der Waals surface area (Å²) in [6.07, 6.45) is 5.15. The molecule has 0 aromatic carbocycles. The first-order valence-electron chi connectivity index (χ1n) is 3.24. The van der Waals surface area contributed by atoms with Crippen LogP contribution in [0.15, 0.2) is 11.6 Å². The van der Waals surface area contributed by atoms with Crippen LogP contribution < -0.4 is 5.32 Å². The molecule has 1 nitrogen and oxygen atoms in total. The van der Waals surface area contributed by atoms with E-state index >= 15 is 0 Å². The van der Waals surface area contributed by atoms with Crippen molar-refractivity contribution in [3.05, 3.63) is 11.6 Å². The molecule has 1 atom stereocenters. The van der Waals surface area contributed by atoms with Gasteiger partial charge < -0.3 is 5.32 Å². The third kappa shape index (κ3) is 0.451. The van der Waals surface area contributed by atoms with Crippen molar-refractivity contribution in [3.8, 4) is 0 Å². The van der Waals surface area contributed by atoms with Crippen molar-refractivity contribution >= 4 is 0 Å². The normalized spacial score (nSPS) is 38.4. The largest absolute Gasteiger partial charge is 0.320 e. The monoisotopic (exact) mass is 109 g/mol. The predicted octanol–water partition coefficient (Wildman–Crippen LogP) is 0.926. The summed E-state index contributed by atoms with van der Waals surface area (Å²) in [5.41, 5.74) is 2.41. The van der Waals surface area contributed by atoms with Crippen LogP contribution in [0, 0.1) is 5.41 Å². The zero-order valence-corrected chi connectivity index (χ0v) is 5.20. The number of allylic oxidation sites excluding steroid dienone is 2. The van der Waals surface area contributed by atoms with Gasteiger partial charge in [0.2, 0.25) is 0 Å². The Balaban J connectivity index is 1.72. The van der Waals surface area contributed by atoms with Crippen molar-refractivity contribution in [2.75, 3.05) is 13.6 Å². The van der Waals surface area contributed by atoms with Crippen LogP contribution >= 0.6 is 0 Å². The van der Waals surface area contributed by atoms with Gasteiger partial charge in [0.1, 0.15) is 0 Å². The molecule has 44 valence electrons. The van der Waals surface area contributed by atoms with Crippen LogP contribution in [0.3, 0.4) is 0 Å². The molecule has 2 rings (SSSR count). The van der Waals surface area contributed by atoms with Crippen LogP contribution in [-0.4, -0.2) is 13.6 Å². The van der Waals surface area contributed by atoms with Crippen molar-refractivity contribution in [2.24, 2.45) is 5.41 Å². The summed E-state index contributed by atoms with van der Waals surface area (Å²) in [4.78, 5) is 0. The van der Waals surface area contributed by atoms with Gasteiger partial charge in [-0.2, -0.15) is 0 Å². The molecule has 0 unspecified atom stereocenters. The minimum Gasteiger partial charge on any atom is -0.320 e. The first kappa shape index (κ1) is 4.57. The zero-order valence-electron chi connectivity index (χ0n) is 5.20. The van der Waals surface area contributed by atoms with E-state index in [9.17, 15) is 0 Å². The second-order valence-electron chi connectivity index (χ2n) is 2.86. The van der Waals surface area contributed by atoms with Gasteiger partial charge in [0, 0.05) is 5.41 Å². The second kappa shape index (κ2) is 1.16. The lowest BCUT2D eigenvalue weighted by molar-refractivity contribution is 0.611. The highest BCUT2D eigenvalue weighted by molar-refractivity contribution is 5.55. The molecule has 1 fully saturated rings. The van der Waals surface area contributed by atoms with Gasteiger partial charge in [-0.15, -0.1) is 0 Å². The topological polar surface area (TPSA) is 12.0 Å². The summed E-state index contributed by atoms with van der Waals surface area (Å²) in [7, 11) is 2.01. The van der Waals surface area contributed by atoms with Gasteiger partial charge in [-0.1, -0.05) is 11.6 Å². The Morgan fingerprint density at radius 2 is 2.50 bits per heavy atom. The maximum Gasteiger partial charge on any atom is 0.0144 e. The van der Waals surface area contributed by atoms with Gasteiger partial charge in [-0.05, 0) is 26.4 Å². The minimum absolute atomic E-state index is 0.697. The van der Waals surface area contributed by atoms with E-state index in [2.05, 4.69) is 11.4 Å². The highest BCUT2D eigenvalue weighted by Gasteiger charge is 2.57. The molecule has 0 heterocycles. The van der Waals surface area contributed by atoms with Crippen LogP contribution in [0.5, 0.6) is 0 Å². The maximum absolute atomic E-state index is 3.16. The Bertz CT molecular complexity index is 148. The van der Waals surface area contributed by atoms with Crippen LogP contribution in [0.4, 0.5) is 0 Å². The number of hydrogen-bond donors (Lipinski definition) is 1. The van der Waals surface area contributed by atoms with E-state index in [1.165, 1.54) is 19.4 Å². The summed E-state index contributed by atoms with van der Waals surface area (Å²) in [5, 5.41) is 3.16. The zero-order chi connectivity index (χ0) is 5.61. The first-order chi connectivity index (χ1) is 3.87. The minimum atomic E-state index is 0.697. The number of nitrogens with one attached hydrogen (secondary N) is 1. The van der Waals surface area contributed by atoms with Crippen molar-refractivity contribution in [2.45, 2.75) is 12.8 Å². The molecule has 0 bridgehead atoms. The van der Waals surface area contributed by atoms with Crippen molar-refractivity contribution in [1.82, 2.24) is 5.32 Å². The summed E-state index contributed by atoms with van der Waals surface area (Å²) in [5.74, 6) is 0. The summed E-state index contributed by atoms with van der Waals surface area (Å²) >= 11 is 0. The van der Waals surface area contributed by atoms with E-state index in [4.69, 9.17) is 0 Å². The highest BCUT2D eigenvalue weighted by Crippen LogP contribution is 2.69. The molecule has 0 radical (unpaired) electrons. The summed E-state index contributed by atoms with van der Waals surface area (Å²) < 4.78 is 0. The fraction of sp³-hybridized carbons (Fsp3) is 0.714. The second-order valence-corrected chi connectivity index (χ2v) is 2.86. The van der Waals surface area contributed by atoms with Gasteiger partial charge in [0.25, 0.3) is 0 Å². The molecular weight excluding hydrogens is 98.1 g/mol. The van der Waals surface area contributed by atoms with E-state index in [0.717, 1.165) is 0 Å². The molecule has 8 heavy (non-hydrogen) atoms. The standard InChI is InChI=1S/C7H11N/c1-8-3-2-7-4-6(7)5-7/h4,8H,2-3,5H2,1H3/t7-/m0/s1. The van der Waals surface area contributed by atoms with Crippen molar-refractivity contribution in [3.63, 3.8) is 0 Å². The molecule has 1 N–H and O–H groups in total. The van der Waals surface area contributed by atoms with Gasteiger partial charge in [0.15, 0.2) is 0 Å². The molecular formula is C7H11N. The molecule has 0 amide bonds. The SMILES string of the molecule is CNCC[C@@]12C=C1C2. The molecule has 0 aromatic heterocycles. The van der Waals surface area contributed by atoms with Crippen molar-refractivity contribution in [1.29, 1.82) is 0 Å². The fourth-order valence-electron chi connectivity index (χ4n) is 1.23. The molecule has 2 aliphatic rings. The lowest BCUT2D eigenvalue weighted by Crippen LogP contribution is -2.09. The van der Waals surface area contributed by atoms with Gasteiger partial charge in [-0.25, -0.2) is 0 Å². The van der Waals surface area contributed by atoms with Crippen LogP contribution in [0.2, 0.25) is 0 Å². The fourth-order valence-corrected chi connectivity index (χ4v) is 1.23. The van der Waals surface area contributed by atoms with E-state index in [-0.39, 0.29) is 0 Å². The van der Waals surface area contributed by atoms with E-state index < -0.39 is 0 Å². The van der Waals surface area contributed by atoms with Crippen LogP contribution in [0.25, 0.3) is 0 Å². The quantitative estimate of drug-likeness (QED) is 0.531. The Morgan fingerprint density at radius 3 is 2.88 bits per heavy atom. The number of fused-ring (bicyclic) bond motifs is 1. The third-order valence-corrected chi connectivity index (χ3v) is 2.21. The Kier molecular flexibility index (Phi) is 0.662. The third-order valence-electron chi connectivity index (χ3n) is 2.21. The van der Waals surface area contributed by atoms with E-state index in [0.29, 0.717) is 5.41 Å². The molecule has 0 spiro atoms. The number of rotatable bonds is 3. The average Bonchev–Trinajstić information content (AvgIpc) is 2.45. The Hall–Kier alpha value is -0.300. The molecule has 2 aliphatic carbocycles. The lowest BCUT2D eigenvalue weighted by Gasteiger charge is -1.98. The summed E-state index contributed by atoms with van der Waals surface area (Å²) in [6, 6.07) is 0. The van der Waals surface area contributed by atoms with Gasteiger partial charge in [0.05, 0.1) is 0 Å². The predicted molar refractivity (Wildman–Crippen MR) is 33.7 cm³/mol. The van der Waals surface area contributed by atoms with Crippen LogP contribution in [-0.2, 0) is 0 Å². The Labute approximate surface area is 49.8 Å². The van der Waals surface area contributed by atoms with E-state index in [1.54, 1.807) is 5.57 Å². The van der Waals surface area contributed by atoms with Gasteiger partial charge >= 0.3 is 0 Å². The maximum atomic E-state index is 3.16. The molecule has 0 saturated heterocycles. The molecule has 1 saturated carbocycles. The van der Waals surface area contributed by atoms with Crippen LogP contribution in [0.1, 0.15) is 12.8 Å². The smallest absolute Gasteiger partial charge is 0.0144 e. The highest BCUT2D eigenvalue weighted by atomic mass is 14.8. The van der Waals surface area contributed by atoms with Crippen molar-refractivity contribution < 1.29 is 0 Å². The molecule has 0 aliphatic heterocycles. The first-order valence-corrected chi connectivity index (χ1v) is 3.24.